The summed E-state index contributed by atoms with van der Waals surface area (Å²) < 4.78 is 19.2. The lowest BCUT2D eigenvalue weighted by atomic mass is 10.1. The van der Waals surface area contributed by atoms with Crippen LogP contribution >= 0.6 is 0 Å². The number of likely N-dealkylation sites (tertiary alicyclic amines) is 1. The number of halogens is 1. The summed E-state index contributed by atoms with van der Waals surface area (Å²) in [5.74, 6) is 0.0746. The minimum Gasteiger partial charge on any atom is -0.438 e. The van der Waals surface area contributed by atoms with E-state index in [9.17, 15) is 9.18 Å². The van der Waals surface area contributed by atoms with Gasteiger partial charge in [0.15, 0.2) is 5.58 Å². The molecule has 144 valence electrons. The zero-order chi connectivity index (χ0) is 19.8. The van der Waals surface area contributed by atoms with Crippen LogP contribution in [-0.2, 0) is 0 Å². The Morgan fingerprint density at radius 2 is 1.79 bits per heavy atom. The Bertz CT molecular complexity index is 1170. The van der Waals surface area contributed by atoms with Gasteiger partial charge in [0.2, 0.25) is 5.89 Å². The van der Waals surface area contributed by atoms with E-state index >= 15 is 0 Å². The van der Waals surface area contributed by atoms with Crippen molar-refractivity contribution in [2.75, 3.05) is 6.54 Å². The fraction of sp³-hybridized carbons (Fsp3) is 0.167. The maximum atomic E-state index is 13.2. The molecule has 0 N–H and O–H groups in total. The van der Waals surface area contributed by atoms with Crippen LogP contribution in [0.1, 0.15) is 35.1 Å². The molecule has 0 bridgehead atoms. The molecule has 1 saturated heterocycles. The molecule has 0 aliphatic carbocycles. The monoisotopic (exact) mass is 386 g/mol. The first-order chi connectivity index (χ1) is 14.2. The van der Waals surface area contributed by atoms with Crippen molar-refractivity contribution in [2.24, 2.45) is 0 Å². The van der Waals surface area contributed by atoms with Gasteiger partial charge in [0.1, 0.15) is 17.4 Å². The Labute approximate surface area is 167 Å². The quantitative estimate of drug-likeness (QED) is 0.460. The number of hydrogen-bond donors (Lipinski definition) is 0. The number of carbonyl (C=O) groups excluding carboxylic acids is 1. The zero-order valence-electron chi connectivity index (χ0n) is 15.7. The van der Waals surface area contributed by atoms with Gasteiger partial charge in [-0.3, -0.25) is 4.79 Å². The van der Waals surface area contributed by atoms with Crippen molar-refractivity contribution in [3.63, 3.8) is 0 Å². The summed E-state index contributed by atoms with van der Waals surface area (Å²) in [6.07, 6.45) is 1.68. The van der Waals surface area contributed by atoms with Gasteiger partial charge in [-0.2, -0.15) is 0 Å². The van der Waals surface area contributed by atoms with E-state index < -0.39 is 0 Å². The third-order valence-electron chi connectivity index (χ3n) is 5.40. The first-order valence-electron chi connectivity index (χ1n) is 9.71. The molecule has 3 aromatic carbocycles. The Balaban J connectivity index is 1.46. The normalized spacial score (nSPS) is 16.4. The van der Waals surface area contributed by atoms with E-state index in [4.69, 9.17) is 9.40 Å². The maximum Gasteiger partial charge on any atom is 0.254 e. The van der Waals surface area contributed by atoms with Crippen LogP contribution < -0.4 is 0 Å². The van der Waals surface area contributed by atoms with Crippen LogP contribution in [-0.4, -0.2) is 22.3 Å². The number of aromatic nitrogens is 1. The average Bonchev–Trinajstić information content (AvgIpc) is 3.40. The highest BCUT2D eigenvalue weighted by molar-refractivity contribution is 5.94. The van der Waals surface area contributed by atoms with Crippen LogP contribution in [0.5, 0.6) is 0 Å². The largest absolute Gasteiger partial charge is 0.438 e. The summed E-state index contributed by atoms with van der Waals surface area (Å²) in [6.45, 7) is 0.634. The Morgan fingerprint density at radius 1 is 1.00 bits per heavy atom. The molecule has 0 saturated carbocycles. The highest BCUT2D eigenvalue weighted by Gasteiger charge is 2.34. The standard InChI is InChI=1S/C24H19FN2O2/c25-19-11-8-17(9-12-19)24(28)27-14-4-7-21(27)23-26-20-15-18(10-13-22(20)29-23)16-5-2-1-3-6-16/h1-3,5-6,8-13,15,21H,4,7,14H2. The third-order valence-corrected chi connectivity index (χ3v) is 5.40. The predicted octanol–water partition coefficient (Wildman–Crippen LogP) is 5.61. The molecule has 0 spiro atoms. The molecule has 1 aliphatic heterocycles. The fourth-order valence-electron chi connectivity index (χ4n) is 3.92. The highest BCUT2D eigenvalue weighted by Crippen LogP contribution is 2.35. The molecule has 2 heterocycles. The molecule has 1 atom stereocenters. The molecule has 1 amide bonds. The van der Waals surface area contributed by atoms with Gasteiger partial charge in [-0.25, -0.2) is 9.37 Å². The summed E-state index contributed by atoms with van der Waals surface area (Å²) >= 11 is 0. The van der Waals surface area contributed by atoms with Crippen molar-refractivity contribution in [3.05, 3.63) is 90.1 Å². The topological polar surface area (TPSA) is 46.3 Å². The molecule has 0 radical (unpaired) electrons. The zero-order valence-corrected chi connectivity index (χ0v) is 15.7. The molecule has 1 aliphatic rings. The number of carbonyl (C=O) groups is 1. The number of amides is 1. The number of oxazole rings is 1. The molecular formula is C24H19FN2O2. The number of nitrogens with zero attached hydrogens (tertiary/aromatic N) is 2. The average molecular weight is 386 g/mol. The summed E-state index contributed by atoms with van der Waals surface area (Å²) in [5, 5.41) is 0. The van der Waals surface area contributed by atoms with Crippen molar-refractivity contribution in [2.45, 2.75) is 18.9 Å². The molecule has 5 heteroatoms. The first-order valence-corrected chi connectivity index (χ1v) is 9.71. The second-order valence-electron chi connectivity index (χ2n) is 7.26. The fourth-order valence-corrected chi connectivity index (χ4v) is 3.92. The Kier molecular flexibility index (Phi) is 4.35. The number of benzene rings is 3. The van der Waals surface area contributed by atoms with Crippen molar-refractivity contribution < 1.29 is 13.6 Å². The van der Waals surface area contributed by atoms with E-state index in [-0.39, 0.29) is 17.8 Å². The number of hydrogen-bond acceptors (Lipinski definition) is 3. The van der Waals surface area contributed by atoms with Crippen LogP contribution in [0.25, 0.3) is 22.2 Å². The van der Waals surface area contributed by atoms with Gasteiger partial charge >= 0.3 is 0 Å². The third kappa shape index (κ3) is 3.29. The van der Waals surface area contributed by atoms with E-state index in [2.05, 4.69) is 12.1 Å². The smallest absolute Gasteiger partial charge is 0.254 e. The van der Waals surface area contributed by atoms with E-state index in [0.29, 0.717) is 23.6 Å². The van der Waals surface area contributed by atoms with E-state index in [1.807, 2.05) is 36.4 Å². The van der Waals surface area contributed by atoms with Gasteiger partial charge in [0, 0.05) is 12.1 Å². The highest BCUT2D eigenvalue weighted by atomic mass is 19.1. The number of rotatable bonds is 3. The lowest BCUT2D eigenvalue weighted by molar-refractivity contribution is 0.0717. The minimum atomic E-state index is -0.354. The SMILES string of the molecule is O=C(c1ccc(F)cc1)N1CCCC1c1nc2cc(-c3ccccc3)ccc2o1. The lowest BCUT2D eigenvalue weighted by Gasteiger charge is -2.22. The van der Waals surface area contributed by atoms with Crippen LogP contribution in [0.4, 0.5) is 4.39 Å². The van der Waals surface area contributed by atoms with Crippen molar-refractivity contribution in [3.8, 4) is 11.1 Å². The van der Waals surface area contributed by atoms with Gasteiger partial charge in [-0.05, 0) is 60.4 Å². The molecule has 5 rings (SSSR count). The van der Waals surface area contributed by atoms with E-state index in [1.165, 1.54) is 24.3 Å². The predicted molar refractivity (Wildman–Crippen MR) is 109 cm³/mol. The molecule has 4 aromatic rings. The van der Waals surface area contributed by atoms with Gasteiger partial charge in [-0.15, -0.1) is 0 Å². The van der Waals surface area contributed by atoms with Gasteiger partial charge in [-0.1, -0.05) is 36.4 Å². The lowest BCUT2D eigenvalue weighted by Crippen LogP contribution is -2.30. The van der Waals surface area contributed by atoms with Crippen LogP contribution in [0.3, 0.4) is 0 Å². The second kappa shape index (κ2) is 7.17. The molecular weight excluding hydrogens is 367 g/mol. The summed E-state index contributed by atoms with van der Waals surface area (Å²) in [4.78, 5) is 19.4. The van der Waals surface area contributed by atoms with Gasteiger partial charge < -0.3 is 9.32 Å². The van der Waals surface area contributed by atoms with Crippen molar-refractivity contribution in [1.29, 1.82) is 0 Å². The molecule has 1 aromatic heterocycles. The maximum absolute atomic E-state index is 13.2. The molecule has 1 fully saturated rings. The molecule has 4 nitrogen and oxygen atoms in total. The van der Waals surface area contributed by atoms with E-state index in [1.54, 1.807) is 4.90 Å². The van der Waals surface area contributed by atoms with Crippen LogP contribution in [0.2, 0.25) is 0 Å². The number of fused-ring (bicyclic) bond motifs is 1. The summed E-state index contributed by atoms with van der Waals surface area (Å²) in [6, 6.07) is 21.5. The van der Waals surface area contributed by atoms with Crippen LogP contribution in [0.15, 0.2) is 77.2 Å². The minimum absolute atomic E-state index is 0.125. The summed E-state index contributed by atoms with van der Waals surface area (Å²) in [5.41, 5.74) is 4.15. The van der Waals surface area contributed by atoms with Crippen LogP contribution in [0, 0.1) is 5.82 Å². The molecule has 29 heavy (non-hydrogen) atoms. The Hall–Kier alpha value is -3.47. The van der Waals surface area contributed by atoms with Gasteiger partial charge in [0.25, 0.3) is 5.91 Å². The first kappa shape index (κ1) is 17.6. The van der Waals surface area contributed by atoms with Crippen molar-refractivity contribution >= 4 is 17.0 Å². The van der Waals surface area contributed by atoms with E-state index in [0.717, 1.165) is 29.5 Å². The summed E-state index contributed by atoms with van der Waals surface area (Å²) in [7, 11) is 0. The van der Waals surface area contributed by atoms with Gasteiger partial charge in [0.05, 0.1) is 0 Å². The van der Waals surface area contributed by atoms with Crippen molar-refractivity contribution in [1.82, 2.24) is 9.88 Å². The second-order valence-corrected chi connectivity index (χ2v) is 7.26. The Morgan fingerprint density at radius 3 is 2.59 bits per heavy atom. The molecule has 1 unspecified atom stereocenters.